The monoisotopic (exact) mass is 418 g/mol. The molecular weight excluding hydrogens is 408 g/mol. The molecule has 0 fully saturated rings. The van der Waals surface area contributed by atoms with Gasteiger partial charge in [-0.3, -0.25) is 4.79 Å². The maximum absolute atomic E-state index is 12.1. The standard InChI is InChI=1S/C13H12Br2N2O4/c1-3-4-17(7-12(18)19)13(20)16-10-6-11(21-2)9(15)5-8(10)14/h1,5-6H,4,7H2,2H3,(H,16,20)(H,18,19). The molecule has 112 valence electrons. The molecule has 8 heteroatoms. The van der Waals surface area contributed by atoms with E-state index in [4.69, 9.17) is 16.3 Å². The molecule has 0 atom stereocenters. The molecule has 1 rings (SSSR count). The van der Waals surface area contributed by atoms with Crippen LogP contribution < -0.4 is 10.1 Å². The van der Waals surface area contributed by atoms with E-state index < -0.39 is 18.5 Å². The summed E-state index contributed by atoms with van der Waals surface area (Å²) in [7, 11) is 1.49. The first-order valence-corrected chi connectivity index (χ1v) is 7.21. The highest BCUT2D eigenvalue weighted by Crippen LogP contribution is 2.34. The van der Waals surface area contributed by atoms with Gasteiger partial charge in [-0.05, 0) is 37.9 Å². The van der Waals surface area contributed by atoms with Gasteiger partial charge in [0, 0.05) is 10.5 Å². The van der Waals surface area contributed by atoms with Crippen LogP contribution in [-0.2, 0) is 4.79 Å². The Hall–Kier alpha value is -1.72. The Bertz CT molecular complexity index is 599. The van der Waals surface area contributed by atoms with Crippen LogP contribution in [0, 0.1) is 12.3 Å². The van der Waals surface area contributed by atoms with Crippen LogP contribution in [0.2, 0.25) is 0 Å². The van der Waals surface area contributed by atoms with Crippen molar-refractivity contribution in [2.45, 2.75) is 0 Å². The van der Waals surface area contributed by atoms with E-state index >= 15 is 0 Å². The normalized spacial score (nSPS) is 9.62. The average molecular weight is 420 g/mol. The van der Waals surface area contributed by atoms with Crippen LogP contribution in [0.1, 0.15) is 0 Å². The minimum absolute atomic E-state index is 0.108. The maximum Gasteiger partial charge on any atom is 0.323 e. The van der Waals surface area contributed by atoms with Crippen molar-refractivity contribution in [1.29, 1.82) is 0 Å². The third-order valence-corrected chi connectivity index (χ3v) is 3.65. The summed E-state index contributed by atoms with van der Waals surface area (Å²) < 4.78 is 6.46. The van der Waals surface area contributed by atoms with E-state index in [1.54, 1.807) is 12.1 Å². The number of anilines is 1. The second-order valence-corrected chi connectivity index (χ2v) is 5.56. The van der Waals surface area contributed by atoms with Crippen molar-refractivity contribution in [3.05, 3.63) is 21.1 Å². The number of carbonyl (C=O) groups excluding carboxylic acids is 1. The molecule has 0 aliphatic rings. The first kappa shape index (κ1) is 17.3. The molecule has 0 radical (unpaired) electrons. The summed E-state index contributed by atoms with van der Waals surface area (Å²) in [6.45, 7) is -0.593. The molecule has 0 saturated carbocycles. The minimum Gasteiger partial charge on any atom is -0.495 e. The number of aliphatic carboxylic acids is 1. The van der Waals surface area contributed by atoms with E-state index in [9.17, 15) is 9.59 Å². The Morgan fingerprint density at radius 2 is 2.10 bits per heavy atom. The molecule has 0 aliphatic heterocycles. The molecule has 6 nitrogen and oxygen atoms in total. The van der Waals surface area contributed by atoms with E-state index in [0.29, 0.717) is 20.4 Å². The number of methoxy groups -OCH3 is 1. The summed E-state index contributed by atoms with van der Waals surface area (Å²) in [5.74, 6) is 1.62. The summed E-state index contributed by atoms with van der Waals surface area (Å²) >= 11 is 6.61. The van der Waals surface area contributed by atoms with E-state index in [0.717, 1.165) is 4.90 Å². The zero-order valence-corrected chi connectivity index (χ0v) is 14.2. The molecule has 0 spiro atoms. The number of carboxylic acids is 1. The molecular formula is C13H12Br2N2O4. The van der Waals surface area contributed by atoms with Crippen molar-refractivity contribution in [3.63, 3.8) is 0 Å². The second kappa shape index (κ2) is 7.90. The SMILES string of the molecule is C#CCN(CC(=O)O)C(=O)Nc1cc(OC)c(Br)cc1Br. The summed E-state index contributed by atoms with van der Waals surface area (Å²) in [5, 5.41) is 11.4. The molecule has 0 saturated heterocycles. The van der Waals surface area contributed by atoms with Crippen LogP contribution in [0.3, 0.4) is 0 Å². The van der Waals surface area contributed by atoms with E-state index in [1.807, 2.05) is 0 Å². The van der Waals surface area contributed by atoms with Gasteiger partial charge in [0.1, 0.15) is 12.3 Å². The van der Waals surface area contributed by atoms with Gasteiger partial charge in [-0.1, -0.05) is 5.92 Å². The van der Waals surface area contributed by atoms with Gasteiger partial charge >= 0.3 is 12.0 Å². The molecule has 2 amide bonds. The summed E-state index contributed by atoms with van der Waals surface area (Å²) in [4.78, 5) is 23.8. The van der Waals surface area contributed by atoms with Crippen molar-refractivity contribution < 1.29 is 19.4 Å². The lowest BCUT2D eigenvalue weighted by molar-refractivity contribution is -0.137. The molecule has 1 aromatic carbocycles. The molecule has 2 N–H and O–H groups in total. The van der Waals surface area contributed by atoms with Gasteiger partial charge in [-0.2, -0.15) is 0 Å². The van der Waals surface area contributed by atoms with Crippen LogP contribution >= 0.6 is 31.9 Å². The number of hydrogen-bond acceptors (Lipinski definition) is 3. The van der Waals surface area contributed by atoms with Crippen LogP contribution in [0.4, 0.5) is 10.5 Å². The summed E-state index contributed by atoms with van der Waals surface area (Å²) in [6.07, 6.45) is 5.13. The molecule has 0 bridgehead atoms. The highest BCUT2D eigenvalue weighted by Gasteiger charge is 2.17. The topological polar surface area (TPSA) is 78.9 Å². The Kier molecular flexibility index (Phi) is 6.52. The Labute approximate surface area is 138 Å². The van der Waals surface area contributed by atoms with Crippen LogP contribution in [0.5, 0.6) is 5.75 Å². The first-order valence-electron chi connectivity index (χ1n) is 5.63. The van der Waals surface area contributed by atoms with Crippen LogP contribution in [0.25, 0.3) is 0 Å². The summed E-state index contributed by atoms with van der Waals surface area (Å²) in [6, 6.07) is 2.69. The van der Waals surface area contributed by atoms with Crippen molar-refractivity contribution >= 4 is 49.5 Å². The second-order valence-electron chi connectivity index (χ2n) is 3.85. The van der Waals surface area contributed by atoms with E-state index in [2.05, 4.69) is 43.1 Å². The fraction of sp³-hybridized carbons (Fsp3) is 0.231. The first-order chi connectivity index (χ1) is 9.88. The Balaban J connectivity index is 2.95. The van der Waals surface area contributed by atoms with Gasteiger partial charge in [0.05, 0.1) is 23.8 Å². The number of amides is 2. The number of ether oxygens (including phenoxy) is 1. The fourth-order valence-electron chi connectivity index (χ4n) is 1.45. The lowest BCUT2D eigenvalue weighted by Crippen LogP contribution is -2.39. The van der Waals surface area contributed by atoms with Gasteiger partial charge < -0.3 is 20.1 Å². The van der Waals surface area contributed by atoms with Gasteiger partial charge in [0.2, 0.25) is 0 Å². The maximum atomic E-state index is 12.1. The zero-order valence-electron chi connectivity index (χ0n) is 11.0. The third-order valence-electron chi connectivity index (χ3n) is 2.38. The molecule has 0 heterocycles. The molecule has 0 aromatic heterocycles. The number of rotatable bonds is 5. The number of nitrogens with one attached hydrogen (secondary N) is 1. The zero-order chi connectivity index (χ0) is 16.0. The van der Waals surface area contributed by atoms with Crippen molar-refractivity contribution in [2.24, 2.45) is 0 Å². The minimum atomic E-state index is -1.15. The van der Waals surface area contributed by atoms with Crippen LogP contribution in [-0.4, -0.2) is 42.2 Å². The van der Waals surface area contributed by atoms with E-state index in [1.165, 1.54) is 7.11 Å². The number of hydrogen-bond donors (Lipinski definition) is 2. The van der Waals surface area contributed by atoms with E-state index in [-0.39, 0.29) is 6.54 Å². The van der Waals surface area contributed by atoms with Gasteiger partial charge in [-0.15, -0.1) is 6.42 Å². The van der Waals surface area contributed by atoms with Crippen molar-refractivity contribution in [3.8, 4) is 18.1 Å². The van der Waals surface area contributed by atoms with Gasteiger partial charge in [-0.25, -0.2) is 4.79 Å². The number of terminal acetylenes is 1. The predicted octanol–water partition coefficient (Wildman–Crippen LogP) is 2.77. The highest BCUT2D eigenvalue weighted by molar-refractivity contribution is 9.11. The largest absolute Gasteiger partial charge is 0.495 e. The average Bonchev–Trinajstić information content (AvgIpc) is 2.40. The van der Waals surface area contributed by atoms with Gasteiger partial charge in [0.15, 0.2) is 0 Å². The summed E-state index contributed by atoms with van der Waals surface area (Å²) in [5.41, 5.74) is 0.437. The van der Waals surface area contributed by atoms with Crippen LogP contribution in [0.15, 0.2) is 21.1 Å². The smallest absolute Gasteiger partial charge is 0.323 e. The molecule has 1 aromatic rings. The number of carbonyl (C=O) groups is 2. The number of nitrogens with zero attached hydrogens (tertiary/aromatic N) is 1. The number of carboxylic acid groups (broad SMARTS) is 1. The van der Waals surface area contributed by atoms with Crippen molar-refractivity contribution in [2.75, 3.05) is 25.5 Å². The lowest BCUT2D eigenvalue weighted by Gasteiger charge is -2.19. The Morgan fingerprint density at radius 1 is 1.43 bits per heavy atom. The number of benzene rings is 1. The molecule has 0 unspecified atom stereocenters. The predicted molar refractivity (Wildman–Crippen MR) is 85.5 cm³/mol. The fourth-order valence-corrected chi connectivity index (χ4v) is 2.70. The third kappa shape index (κ3) is 4.95. The molecule has 0 aliphatic carbocycles. The van der Waals surface area contributed by atoms with Crippen molar-refractivity contribution in [1.82, 2.24) is 4.90 Å². The lowest BCUT2D eigenvalue weighted by atomic mass is 10.3. The van der Waals surface area contributed by atoms with Gasteiger partial charge in [0.25, 0.3) is 0 Å². The quantitative estimate of drug-likeness (QED) is 0.719. The highest BCUT2D eigenvalue weighted by atomic mass is 79.9. The number of urea groups is 1. The Morgan fingerprint density at radius 3 is 2.62 bits per heavy atom. The number of halogens is 2. The molecule has 21 heavy (non-hydrogen) atoms.